The van der Waals surface area contributed by atoms with Gasteiger partial charge >= 0.3 is 0 Å². The van der Waals surface area contributed by atoms with E-state index in [0.717, 1.165) is 22.5 Å². The summed E-state index contributed by atoms with van der Waals surface area (Å²) in [5.74, 6) is 1.89. The van der Waals surface area contributed by atoms with Crippen LogP contribution in [0.2, 0.25) is 0 Å². The van der Waals surface area contributed by atoms with Crippen molar-refractivity contribution in [1.29, 1.82) is 0 Å². The van der Waals surface area contributed by atoms with Crippen LogP contribution >= 0.6 is 0 Å². The third kappa shape index (κ3) is 2.32. The lowest BCUT2D eigenvalue weighted by atomic mass is 10.2. The molecule has 4 rings (SSSR count). The fourth-order valence-electron chi connectivity index (χ4n) is 2.50. The highest BCUT2D eigenvalue weighted by Gasteiger charge is 2.18. The fraction of sp³-hybridized carbons (Fsp3) is 0.125. The number of imidazole rings is 1. The first kappa shape index (κ1) is 13.4. The van der Waals surface area contributed by atoms with Gasteiger partial charge in [-0.25, -0.2) is 15.0 Å². The summed E-state index contributed by atoms with van der Waals surface area (Å²) in [5.41, 5.74) is 3.83. The Labute approximate surface area is 131 Å². The Morgan fingerprint density at radius 3 is 2.65 bits per heavy atom. The molecule has 4 aromatic rings. The molecule has 0 saturated heterocycles. The van der Waals surface area contributed by atoms with Gasteiger partial charge in [-0.3, -0.25) is 0 Å². The number of aromatic amines is 1. The molecule has 7 heteroatoms. The molecular formula is C16H14N6O. The second kappa shape index (κ2) is 5.20. The summed E-state index contributed by atoms with van der Waals surface area (Å²) in [4.78, 5) is 16.5. The van der Waals surface area contributed by atoms with Gasteiger partial charge in [-0.1, -0.05) is 23.4 Å². The average Bonchev–Trinajstić information content (AvgIpc) is 3.15. The van der Waals surface area contributed by atoms with Crippen LogP contribution in [0.3, 0.4) is 0 Å². The van der Waals surface area contributed by atoms with E-state index < -0.39 is 0 Å². The Bertz CT molecular complexity index is 953. The Morgan fingerprint density at radius 2 is 1.91 bits per heavy atom. The van der Waals surface area contributed by atoms with E-state index in [9.17, 15) is 0 Å². The third-order valence-electron chi connectivity index (χ3n) is 3.58. The van der Waals surface area contributed by atoms with Crippen LogP contribution < -0.4 is 5.32 Å². The lowest BCUT2D eigenvalue weighted by Gasteiger charge is -2.08. The summed E-state index contributed by atoms with van der Waals surface area (Å²) in [6.45, 7) is 3.71. The van der Waals surface area contributed by atoms with E-state index in [2.05, 4.69) is 30.4 Å². The minimum atomic E-state index is 0.541. The van der Waals surface area contributed by atoms with Crippen molar-refractivity contribution < 1.29 is 4.52 Å². The highest BCUT2D eigenvalue weighted by atomic mass is 16.5. The van der Waals surface area contributed by atoms with Crippen molar-refractivity contribution in [1.82, 2.24) is 25.1 Å². The SMILES string of the molecule is Cc1noc(C)c1-c1nc(Nc2ccccc2)c2[nH]cnc2n1. The molecule has 0 aliphatic heterocycles. The summed E-state index contributed by atoms with van der Waals surface area (Å²) >= 11 is 0. The molecule has 1 aromatic carbocycles. The van der Waals surface area contributed by atoms with E-state index in [1.807, 2.05) is 44.2 Å². The Kier molecular flexibility index (Phi) is 3.04. The number of hydrogen-bond acceptors (Lipinski definition) is 6. The predicted octanol–water partition coefficient (Wildman–Crippen LogP) is 3.37. The minimum absolute atomic E-state index is 0.541. The molecule has 0 bridgehead atoms. The average molecular weight is 306 g/mol. The fourth-order valence-corrected chi connectivity index (χ4v) is 2.50. The molecule has 0 amide bonds. The minimum Gasteiger partial charge on any atom is -0.361 e. The van der Waals surface area contributed by atoms with Crippen LogP contribution in [0.25, 0.3) is 22.6 Å². The lowest BCUT2D eigenvalue weighted by Crippen LogP contribution is -2.00. The maximum absolute atomic E-state index is 5.22. The van der Waals surface area contributed by atoms with Crippen LogP contribution in [0.4, 0.5) is 11.5 Å². The van der Waals surface area contributed by atoms with Gasteiger partial charge in [-0.15, -0.1) is 0 Å². The zero-order valence-corrected chi connectivity index (χ0v) is 12.7. The van der Waals surface area contributed by atoms with E-state index in [1.54, 1.807) is 6.33 Å². The molecule has 0 radical (unpaired) electrons. The first-order chi connectivity index (χ1) is 11.2. The molecule has 0 unspecified atom stereocenters. The quantitative estimate of drug-likeness (QED) is 0.603. The zero-order chi connectivity index (χ0) is 15.8. The molecule has 7 nitrogen and oxygen atoms in total. The second-order valence-electron chi connectivity index (χ2n) is 5.19. The van der Waals surface area contributed by atoms with Gasteiger partial charge in [0, 0.05) is 5.69 Å². The number of benzene rings is 1. The van der Waals surface area contributed by atoms with Gasteiger partial charge in [0.05, 0.1) is 17.6 Å². The molecule has 0 saturated carbocycles. The topological polar surface area (TPSA) is 92.5 Å². The van der Waals surface area contributed by atoms with Gasteiger partial charge in [0.2, 0.25) is 0 Å². The molecule has 114 valence electrons. The Hall–Kier alpha value is -3.22. The van der Waals surface area contributed by atoms with Gasteiger partial charge in [0.25, 0.3) is 0 Å². The lowest BCUT2D eigenvalue weighted by molar-refractivity contribution is 0.393. The molecule has 0 aliphatic rings. The number of fused-ring (bicyclic) bond motifs is 1. The number of aromatic nitrogens is 5. The number of rotatable bonds is 3. The van der Waals surface area contributed by atoms with Crippen LogP contribution in [0.5, 0.6) is 0 Å². The second-order valence-corrected chi connectivity index (χ2v) is 5.19. The molecule has 0 spiro atoms. The van der Waals surface area contributed by atoms with E-state index in [0.29, 0.717) is 23.0 Å². The highest BCUT2D eigenvalue weighted by molar-refractivity contribution is 5.87. The van der Waals surface area contributed by atoms with Crippen LogP contribution in [0.1, 0.15) is 11.5 Å². The number of anilines is 2. The molecule has 23 heavy (non-hydrogen) atoms. The van der Waals surface area contributed by atoms with Gasteiger partial charge < -0.3 is 14.8 Å². The normalized spacial score (nSPS) is 11.0. The summed E-state index contributed by atoms with van der Waals surface area (Å²) in [6, 6.07) is 9.83. The number of nitrogens with zero attached hydrogens (tertiary/aromatic N) is 4. The Morgan fingerprint density at radius 1 is 1.09 bits per heavy atom. The Balaban J connectivity index is 1.88. The number of hydrogen-bond donors (Lipinski definition) is 2. The van der Waals surface area contributed by atoms with Gasteiger partial charge in [0.1, 0.15) is 11.3 Å². The number of aryl methyl sites for hydroxylation is 2. The van der Waals surface area contributed by atoms with Crippen molar-refractivity contribution in [3.8, 4) is 11.4 Å². The van der Waals surface area contributed by atoms with Gasteiger partial charge in [-0.05, 0) is 26.0 Å². The van der Waals surface area contributed by atoms with E-state index >= 15 is 0 Å². The molecule has 3 heterocycles. The first-order valence-corrected chi connectivity index (χ1v) is 7.19. The van der Waals surface area contributed by atoms with Crippen molar-refractivity contribution in [2.45, 2.75) is 13.8 Å². The van der Waals surface area contributed by atoms with E-state index in [1.165, 1.54) is 0 Å². The molecule has 2 N–H and O–H groups in total. The maximum atomic E-state index is 5.22. The van der Waals surface area contributed by atoms with Crippen LogP contribution in [0.15, 0.2) is 41.2 Å². The monoisotopic (exact) mass is 306 g/mol. The summed E-state index contributed by atoms with van der Waals surface area (Å²) in [6.07, 6.45) is 1.60. The highest BCUT2D eigenvalue weighted by Crippen LogP contribution is 2.28. The van der Waals surface area contributed by atoms with Crippen molar-refractivity contribution in [3.05, 3.63) is 48.1 Å². The van der Waals surface area contributed by atoms with E-state index in [-0.39, 0.29) is 0 Å². The predicted molar refractivity (Wildman–Crippen MR) is 86.4 cm³/mol. The van der Waals surface area contributed by atoms with Crippen molar-refractivity contribution >= 4 is 22.7 Å². The van der Waals surface area contributed by atoms with Gasteiger partial charge in [-0.2, -0.15) is 0 Å². The summed E-state index contributed by atoms with van der Waals surface area (Å²) in [7, 11) is 0. The zero-order valence-electron chi connectivity index (χ0n) is 12.7. The molecular weight excluding hydrogens is 292 g/mol. The first-order valence-electron chi connectivity index (χ1n) is 7.19. The van der Waals surface area contributed by atoms with Crippen LogP contribution in [-0.4, -0.2) is 25.1 Å². The molecule has 0 fully saturated rings. The summed E-state index contributed by atoms with van der Waals surface area (Å²) < 4.78 is 5.22. The number of H-pyrrole nitrogens is 1. The summed E-state index contributed by atoms with van der Waals surface area (Å²) in [5, 5.41) is 7.27. The number of para-hydroxylation sites is 1. The maximum Gasteiger partial charge on any atom is 0.183 e. The molecule has 0 aliphatic carbocycles. The standard InChI is InChI=1S/C16H14N6O/c1-9-12(10(2)23-22-9)14-20-15-13(17-8-18-15)16(21-14)19-11-6-4-3-5-7-11/h3-8H,1-2H3,(H2,17,18,19,20,21). The largest absolute Gasteiger partial charge is 0.361 e. The van der Waals surface area contributed by atoms with Crippen LogP contribution in [-0.2, 0) is 0 Å². The smallest absolute Gasteiger partial charge is 0.183 e. The van der Waals surface area contributed by atoms with Crippen LogP contribution in [0, 0.1) is 13.8 Å². The number of nitrogens with one attached hydrogen (secondary N) is 2. The molecule has 0 atom stereocenters. The van der Waals surface area contributed by atoms with Gasteiger partial charge in [0.15, 0.2) is 17.3 Å². The van der Waals surface area contributed by atoms with Crippen molar-refractivity contribution in [3.63, 3.8) is 0 Å². The van der Waals surface area contributed by atoms with Crippen molar-refractivity contribution in [2.24, 2.45) is 0 Å². The third-order valence-corrected chi connectivity index (χ3v) is 3.58. The molecule has 3 aromatic heterocycles. The van der Waals surface area contributed by atoms with Crippen molar-refractivity contribution in [2.75, 3.05) is 5.32 Å². The van der Waals surface area contributed by atoms with E-state index in [4.69, 9.17) is 4.52 Å².